The van der Waals surface area contributed by atoms with Crippen LogP contribution in [0, 0.1) is 0 Å². The third-order valence-electron chi connectivity index (χ3n) is 3.68. The van der Waals surface area contributed by atoms with Crippen LogP contribution in [0.25, 0.3) is 0 Å². The van der Waals surface area contributed by atoms with Crippen molar-refractivity contribution < 1.29 is 4.74 Å². The van der Waals surface area contributed by atoms with Crippen molar-refractivity contribution in [2.45, 2.75) is 105 Å². The Kier molecular flexibility index (Phi) is 15.1. The van der Waals surface area contributed by atoms with Crippen LogP contribution in [0.1, 0.15) is 105 Å². The number of unbranched alkanes of at least 4 members (excludes halogenated alkanes) is 6. The Hall–Kier alpha value is -0.720. The van der Waals surface area contributed by atoms with Gasteiger partial charge >= 0.3 is 0 Å². The molecule has 0 N–H and O–H groups in total. The Balaban J connectivity index is 4.26. The summed E-state index contributed by atoms with van der Waals surface area (Å²) in [6.07, 6.45) is 19.3. The average Bonchev–Trinajstić information content (AvgIpc) is 2.48. The average molecular weight is 295 g/mol. The predicted octanol–water partition coefficient (Wildman–Crippen LogP) is 7.53. The smallest absolute Gasteiger partial charge is 0.0996 e. The molecule has 21 heavy (non-hydrogen) atoms. The molecule has 124 valence electrons. The van der Waals surface area contributed by atoms with Crippen molar-refractivity contribution in [3.05, 3.63) is 23.7 Å². The van der Waals surface area contributed by atoms with E-state index in [0.29, 0.717) is 0 Å². The second-order valence-electron chi connectivity index (χ2n) is 5.88. The second kappa shape index (κ2) is 15.7. The highest BCUT2D eigenvalue weighted by molar-refractivity contribution is 5.02. The van der Waals surface area contributed by atoms with Gasteiger partial charge in [-0.05, 0) is 37.8 Å². The van der Waals surface area contributed by atoms with Crippen LogP contribution in [-0.4, -0.2) is 0 Å². The number of allylic oxidation sites excluding steroid dienone is 4. The summed E-state index contributed by atoms with van der Waals surface area (Å²) in [6.45, 7) is 8.91. The van der Waals surface area contributed by atoms with Crippen LogP contribution >= 0.6 is 0 Å². The molecule has 0 spiro atoms. The molecule has 0 atom stereocenters. The fourth-order valence-electron chi connectivity index (χ4n) is 2.47. The number of hydrogen-bond donors (Lipinski definition) is 0. The molecule has 0 aromatic heterocycles. The van der Waals surface area contributed by atoms with Gasteiger partial charge < -0.3 is 4.74 Å². The highest BCUT2D eigenvalue weighted by Crippen LogP contribution is 2.20. The van der Waals surface area contributed by atoms with Gasteiger partial charge in [-0.2, -0.15) is 0 Å². The van der Waals surface area contributed by atoms with Gasteiger partial charge in [0.2, 0.25) is 0 Å². The van der Waals surface area contributed by atoms with Gasteiger partial charge in [0.25, 0.3) is 0 Å². The van der Waals surface area contributed by atoms with Gasteiger partial charge in [0.15, 0.2) is 0 Å². The van der Waals surface area contributed by atoms with Crippen molar-refractivity contribution in [1.29, 1.82) is 0 Å². The first-order valence-electron chi connectivity index (χ1n) is 9.34. The van der Waals surface area contributed by atoms with Crippen LogP contribution < -0.4 is 0 Å². The van der Waals surface area contributed by atoms with Crippen LogP contribution in [0.2, 0.25) is 0 Å². The van der Waals surface area contributed by atoms with Crippen LogP contribution in [0.3, 0.4) is 0 Å². The first-order valence-corrected chi connectivity index (χ1v) is 9.34. The molecule has 0 radical (unpaired) electrons. The molecule has 0 bridgehead atoms. The molecule has 0 saturated heterocycles. The van der Waals surface area contributed by atoms with Crippen molar-refractivity contribution in [2.75, 3.05) is 0 Å². The molecule has 0 unspecified atom stereocenters. The fraction of sp³-hybridized carbons (Fsp3) is 0.800. The standard InChI is InChI=1S/C20H38O/c1-5-9-11-13-17-19(15-7-3)21-20(16-8-4)18-14-12-10-6-2/h15-16H,5-14,17-18H2,1-4H3. The maximum Gasteiger partial charge on any atom is 0.0996 e. The van der Waals surface area contributed by atoms with E-state index in [1.54, 1.807) is 0 Å². The van der Waals surface area contributed by atoms with Crippen molar-refractivity contribution in [2.24, 2.45) is 0 Å². The Bertz CT molecular complexity index is 248. The molecule has 1 nitrogen and oxygen atoms in total. The van der Waals surface area contributed by atoms with Crippen molar-refractivity contribution in [3.8, 4) is 0 Å². The lowest BCUT2D eigenvalue weighted by atomic mass is 10.1. The minimum Gasteiger partial charge on any atom is -0.467 e. The molecule has 0 saturated carbocycles. The molecule has 0 heterocycles. The third kappa shape index (κ3) is 12.7. The number of hydrogen-bond acceptors (Lipinski definition) is 1. The van der Waals surface area contributed by atoms with E-state index in [0.717, 1.165) is 25.7 Å². The highest BCUT2D eigenvalue weighted by atomic mass is 16.5. The van der Waals surface area contributed by atoms with Crippen molar-refractivity contribution in [1.82, 2.24) is 0 Å². The Morgan fingerprint density at radius 1 is 0.619 bits per heavy atom. The van der Waals surface area contributed by atoms with E-state index in [4.69, 9.17) is 4.74 Å². The molecule has 1 heteroatoms. The Morgan fingerprint density at radius 2 is 1.05 bits per heavy atom. The van der Waals surface area contributed by atoms with E-state index < -0.39 is 0 Å². The van der Waals surface area contributed by atoms with E-state index in [9.17, 15) is 0 Å². The molecular formula is C20H38O. The van der Waals surface area contributed by atoms with Crippen LogP contribution in [0.15, 0.2) is 23.7 Å². The quantitative estimate of drug-likeness (QED) is 0.237. The minimum absolute atomic E-state index is 1.07. The maximum absolute atomic E-state index is 6.21. The van der Waals surface area contributed by atoms with Crippen LogP contribution in [-0.2, 0) is 4.74 Å². The predicted molar refractivity (Wildman–Crippen MR) is 95.4 cm³/mol. The lowest BCUT2D eigenvalue weighted by Crippen LogP contribution is -1.96. The Labute approximate surface area is 133 Å². The monoisotopic (exact) mass is 294 g/mol. The second-order valence-corrected chi connectivity index (χ2v) is 5.88. The van der Waals surface area contributed by atoms with Crippen LogP contribution in [0.5, 0.6) is 0 Å². The molecule has 0 aliphatic rings. The summed E-state index contributed by atoms with van der Waals surface area (Å²) in [5.74, 6) is 2.40. The fourth-order valence-corrected chi connectivity index (χ4v) is 2.47. The van der Waals surface area contributed by atoms with Gasteiger partial charge in [0, 0.05) is 12.8 Å². The number of rotatable bonds is 14. The summed E-state index contributed by atoms with van der Waals surface area (Å²) in [5, 5.41) is 0. The van der Waals surface area contributed by atoms with Crippen molar-refractivity contribution in [3.63, 3.8) is 0 Å². The van der Waals surface area contributed by atoms with E-state index >= 15 is 0 Å². The zero-order valence-corrected chi connectivity index (χ0v) is 15.0. The van der Waals surface area contributed by atoms with Gasteiger partial charge in [-0.15, -0.1) is 0 Å². The molecule has 0 aliphatic carbocycles. The normalized spacial score (nSPS) is 12.8. The molecular weight excluding hydrogens is 256 g/mol. The van der Waals surface area contributed by atoms with Crippen LogP contribution in [0.4, 0.5) is 0 Å². The van der Waals surface area contributed by atoms with Gasteiger partial charge in [-0.25, -0.2) is 0 Å². The van der Waals surface area contributed by atoms with Gasteiger partial charge in [0.05, 0.1) is 11.5 Å². The highest BCUT2D eigenvalue weighted by Gasteiger charge is 2.04. The van der Waals surface area contributed by atoms with Gasteiger partial charge in [-0.1, -0.05) is 66.2 Å². The Morgan fingerprint density at radius 3 is 1.38 bits per heavy atom. The first-order chi connectivity index (χ1) is 10.3. The minimum atomic E-state index is 1.07. The number of ether oxygens (including phenoxy) is 1. The zero-order valence-electron chi connectivity index (χ0n) is 15.0. The molecule has 0 fully saturated rings. The zero-order chi connectivity index (χ0) is 15.8. The molecule has 0 aromatic carbocycles. The summed E-state index contributed by atoms with van der Waals surface area (Å²) in [4.78, 5) is 0. The summed E-state index contributed by atoms with van der Waals surface area (Å²) >= 11 is 0. The largest absolute Gasteiger partial charge is 0.467 e. The van der Waals surface area contributed by atoms with E-state index in [1.807, 2.05) is 0 Å². The lowest BCUT2D eigenvalue weighted by Gasteiger charge is -2.14. The third-order valence-corrected chi connectivity index (χ3v) is 3.68. The summed E-state index contributed by atoms with van der Waals surface area (Å²) in [6, 6.07) is 0. The molecule has 0 aromatic rings. The van der Waals surface area contributed by atoms with E-state index in [1.165, 1.54) is 62.9 Å². The summed E-state index contributed by atoms with van der Waals surface area (Å²) in [5.41, 5.74) is 0. The van der Waals surface area contributed by atoms with E-state index in [-0.39, 0.29) is 0 Å². The maximum atomic E-state index is 6.21. The van der Waals surface area contributed by atoms with Gasteiger partial charge in [0.1, 0.15) is 0 Å². The first kappa shape index (κ1) is 20.3. The lowest BCUT2D eigenvalue weighted by molar-refractivity contribution is 0.267. The topological polar surface area (TPSA) is 9.23 Å². The molecule has 0 rings (SSSR count). The molecule has 0 aliphatic heterocycles. The summed E-state index contributed by atoms with van der Waals surface area (Å²) in [7, 11) is 0. The van der Waals surface area contributed by atoms with Crippen molar-refractivity contribution >= 4 is 0 Å². The van der Waals surface area contributed by atoms with Gasteiger partial charge in [-0.3, -0.25) is 0 Å². The van der Waals surface area contributed by atoms with E-state index in [2.05, 4.69) is 39.8 Å². The molecule has 0 amide bonds. The summed E-state index contributed by atoms with van der Waals surface area (Å²) < 4.78 is 6.21. The SMILES string of the molecule is CCC=C(CCCCCC)OC(=CCC)CCCCCC.